The van der Waals surface area contributed by atoms with Crippen molar-refractivity contribution in [3.05, 3.63) is 23.3 Å². The third kappa shape index (κ3) is 1.46. The van der Waals surface area contributed by atoms with E-state index in [1.54, 1.807) is 0 Å². The van der Waals surface area contributed by atoms with Gasteiger partial charge in [0.1, 0.15) is 0 Å². The minimum Gasteiger partial charge on any atom is -0.478 e. The molecule has 2 unspecified atom stereocenters. The topological polar surface area (TPSA) is 74.6 Å². The fraction of sp³-hybridized carbons (Fsp3) is 0.250. The average molecular weight is 240 g/mol. The highest BCUT2D eigenvalue weighted by Crippen LogP contribution is 2.40. The van der Waals surface area contributed by atoms with E-state index in [-0.39, 0.29) is 6.08 Å². The second kappa shape index (κ2) is 3.62. The van der Waals surface area contributed by atoms with Crippen LogP contribution in [0.25, 0.3) is 0 Å². The van der Waals surface area contributed by atoms with E-state index in [9.17, 15) is 27.2 Å². The van der Waals surface area contributed by atoms with E-state index in [1.165, 1.54) is 0 Å². The number of allylic oxidation sites excluding steroid dienone is 1. The van der Waals surface area contributed by atoms with Crippen molar-refractivity contribution in [3.8, 4) is 0 Å². The summed E-state index contributed by atoms with van der Waals surface area (Å²) < 4.78 is 52.1. The van der Waals surface area contributed by atoms with Crippen LogP contribution in [0, 0.1) is 0 Å². The first-order valence-corrected chi connectivity index (χ1v) is 3.80. The molecule has 0 aromatic rings. The van der Waals surface area contributed by atoms with E-state index in [0.717, 1.165) is 0 Å². The molecule has 0 aromatic carbocycles. The van der Waals surface area contributed by atoms with Crippen molar-refractivity contribution in [2.75, 3.05) is 0 Å². The Morgan fingerprint density at radius 2 is 1.81 bits per heavy atom. The zero-order valence-electron chi connectivity index (χ0n) is 7.38. The van der Waals surface area contributed by atoms with Gasteiger partial charge in [0.15, 0.2) is 11.7 Å². The molecule has 1 aliphatic rings. The van der Waals surface area contributed by atoms with Crippen molar-refractivity contribution in [3.63, 3.8) is 0 Å². The largest absolute Gasteiger partial charge is 0.478 e. The zero-order valence-corrected chi connectivity index (χ0v) is 7.38. The Hall–Kier alpha value is -1.86. The predicted octanol–water partition coefficient (Wildman–Crippen LogP) is 1.29. The van der Waals surface area contributed by atoms with Gasteiger partial charge >= 0.3 is 11.9 Å². The number of hydrogen-bond acceptors (Lipinski definition) is 2. The van der Waals surface area contributed by atoms with Crippen LogP contribution in [0.1, 0.15) is 0 Å². The maximum Gasteiger partial charge on any atom is 0.352 e. The van der Waals surface area contributed by atoms with Gasteiger partial charge in [-0.25, -0.2) is 27.2 Å². The van der Waals surface area contributed by atoms with Crippen molar-refractivity contribution in [2.24, 2.45) is 0 Å². The van der Waals surface area contributed by atoms with Gasteiger partial charge in [0.05, 0.1) is 5.57 Å². The highest BCUT2D eigenvalue weighted by atomic mass is 19.2. The fourth-order valence-corrected chi connectivity index (χ4v) is 1.11. The number of hydrogen-bond donors (Lipinski definition) is 2. The molecule has 0 saturated heterocycles. The molecular weight excluding hydrogens is 236 g/mol. The summed E-state index contributed by atoms with van der Waals surface area (Å²) in [6.45, 7) is 0. The average Bonchev–Trinajstić information content (AvgIpc) is 2.19. The van der Waals surface area contributed by atoms with Crippen molar-refractivity contribution < 1.29 is 37.4 Å². The van der Waals surface area contributed by atoms with Crippen LogP contribution in [0.3, 0.4) is 0 Å². The van der Waals surface area contributed by atoms with Crippen LogP contribution < -0.4 is 0 Å². The number of halogens is 4. The summed E-state index contributed by atoms with van der Waals surface area (Å²) in [5.74, 6) is -8.97. The maximum absolute atomic E-state index is 13.3. The summed E-state index contributed by atoms with van der Waals surface area (Å²) in [6, 6.07) is 0. The minimum atomic E-state index is -4.22. The highest BCUT2D eigenvalue weighted by molar-refractivity contribution is 5.94. The number of aliphatic carboxylic acids is 2. The molecule has 0 spiro atoms. The zero-order chi connectivity index (χ0) is 12.7. The van der Waals surface area contributed by atoms with E-state index in [4.69, 9.17) is 10.2 Å². The molecule has 0 fully saturated rings. The van der Waals surface area contributed by atoms with E-state index in [0.29, 0.717) is 0 Å². The van der Waals surface area contributed by atoms with Gasteiger partial charge in [-0.3, -0.25) is 0 Å². The lowest BCUT2D eigenvalue weighted by atomic mass is 9.89. The molecule has 0 amide bonds. The first kappa shape index (κ1) is 12.2. The van der Waals surface area contributed by atoms with Crippen LogP contribution in [0.15, 0.2) is 23.3 Å². The minimum absolute atomic E-state index is 0.193. The predicted molar refractivity (Wildman–Crippen MR) is 41.3 cm³/mol. The second-order valence-corrected chi connectivity index (χ2v) is 2.94. The Bertz CT molecular complexity index is 428. The quantitative estimate of drug-likeness (QED) is 0.713. The van der Waals surface area contributed by atoms with Crippen LogP contribution >= 0.6 is 0 Å². The monoisotopic (exact) mass is 240 g/mol. The fourth-order valence-electron chi connectivity index (χ4n) is 1.11. The molecule has 0 saturated carbocycles. The first-order valence-electron chi connectivity index (χ1n) is 3.80. The molecule has 0 aliphatic heterocycles. The Morgan fingerprint density at radius 3 is 2.19 bits per heavy atom. The van der Waals surface area contributed by atoms with Gasteiger partial charge in [0.2, 0.25) is 6.17 Å². The van der Waals surface area contributed by atoms with Gasteiger partial charge in [0, 0.05) is 0 Å². The van der Waals surface area contributed by atoms with Crippen molar-refractivity contribution >= 4 is 11.9 Å². The third-order valence-corrected chi connectivity index (χ3v) is 1.99. The van der Waals surface area contributed by atoms with E-state index in [2.05, 4.69) is 0 Å². The summed E-state index contributed by atoms with van der Waals surface area (Å²) in [5, 5.41) is 16.6. The number of carboxylic acids is 2. The van der Waals surface area contributed by atoms with Gasteiger partial charge in [-0.2, -0.15) is 0 Å². The Balaban J connectivity index is 3.38. The van der Waals surface area contributed by atoms with Gasteiger partial charge in [-0.1, -0.05) is 0 Å². The van der Waals surface area contributed by atoms with Gasteiger partial charge in [-0.15, -0.1) is 0 Å². The first-order chi connectivity index (χ1) is 7.22. The molecule has 4 nitrogen and oxygen atoms in total. The van der Waals surface area contributed by atoms with Crippen molar-refractivity contribution in [2.45, 2.75) is 11.8 Å². The molecule has 0 aromatic heterocycles. The summed E-state index contributed by atoms with van der Waals surface area (Å²) >= 11 is 0. The number of alkyl halides is 2. The standard InChI is InChI=1S/C8H4F4O4/c9-3-1-2(6(13)14)4(10)5(11)8(3,12)7(15)16/h1,5H,(H,13,14)(H,15,16). The molecule has 1 rings (SSSR count). The van der Waals surface area contributed by atoms with E-state index >= 15 is 0 Å². The summed E-state index contributed by atoms with van der Waals surface area (Å²) in [7, 11) is 0. The van der Waals surface area contributed by atoms with Gasteiger partial charge in [0.25, 0.3) is 5.67 Å². The molecular formula is C8H4F4O4. The number of carboxylic acid groups (broad SMARTS) is 2. The van der Waals surface area contributed by atoms with Crippen molar-refractivity contribution in [1.82, 2.24) is 0 Å². The number of carbonyl (C=O) groups is 2. The van der Waals surface area contributed by atoms with Crippen LogP contribution in [-0.2, 0) is 9.59 Å². The molecule has 0 bridgehead atoms. The molecule has 16 heavy (non-hydrogen) atoms. The van der Waals surface area contributed by atoms with E-state index in [1.807, 2.05) is 0 Å². The molecule has 8 heteroatoms. The number of rotatable bonds is 2. The lowest BCUT2D eigenvalue weighted by Gasteiger charge is -2.25. The molecule has 0 heterocycles. The third-order valence-electron chi connectivity index (χ3n) is 1.99. The van der Waals surface area contributed by atoms with Crippen LogP contribution in [0.4, 0.5) is 17.6 Å². The van der Waals surface area contributed by atoms with Crippen LogP contribution in [0.2, 0.25) is 0 Å². The molecule has 0 radical (unpaired) electrons. The van der Waals surface area contributed by atoms with E-state index < -0.39 is 41.0 Å². The normalized spacial score (nSPS) is 30.0. The molecule has 1 aliphatic carbocycles. The Labute approximate surface area is 85.5 Å². The second-order valence-electron chi connectivity index (χ2n) is 2.94. The lowest BCUT2D eigenvalue weighted by Crippen LogP contribution is -2.46. The van der Waals surface area contributed by atoms with Crippen LogP contribution in [-0.4, -0.2) is 34.0 Å². The Kier molecular flexibility index (Phi) is 2.76. The van der Waals surface area contributed by atoms with Crippen molar-refractivity contribution in [1.29, 1.82) is 0 Å². The summed E-state index contributed by atoms with van der Waals surface area (Å²) in [5.41, 5.74) is -5.66. The highest BCUT2D eigenvalue weighted by Gasteiger charge is 2.57. The van der Waals surface area contributed by atoms with Gasteiger partial charge < -0.3 is 10.2 Å². The Morgan fingerprint density at radius 1 is 1.31 bits per heavy atom. The molecule has 88 valence electrons. The molecule has 2 N–H and O–H groups in total. The summed E-state index contributed by atoms with van der Waals surface area (Å²) in [6.07, 6.45) is -3.72. The van der Waals surface area contributed by atoms with Crippen LogP contribution in [0.5, 0.6) is 0 Å². The smallest absolute Gasteiger partial charge is 0.352 e. The molecule has 2 atom stereocenters. The maximum atomic E-state index is 13.3. The van der Waals surface area contributed by atoms with Gasteiger partial charge in [-0.05, 0) is 6.08 Å². The summed E-state index contributed by atoms with van der Waals surface area (Å²) in [4.78, 5) is 20.6. The SMILES string of the molecule is O=C(O)C1=C(F)C(F)C(F)(C(=O)O)C(F)=C1. The lowest BCUT2D eigenvalue weighted by molar-refractivity contribution is -0.153.